The average molecular weight is 457 g/mol. The fraction of sp³-hybridized carbons (Fsp3) is 0.304. The monoisotopic (exact) mass is 456 g/mol. The van der Waals surface area contributed by atoms with Crippen LogP contribution in [0.15, 0.2) is 64.0 Å². The number of hydrogen-bond donors (Lipinski definition) is 1. The minimum atomic E-state index is -3.99. The highest BCUT2D eigenvalue weighted by atomic mass is 32.2. The number of rotatable bonds is 6. The van der Waals surface area contributed by atoms with Gasteiger partial charge in [-0.05, 0) is 37.1 Å². The van der Waals surface area contributed by atoms with E-state index < -0.39 is 28.1 Å². The summed E-state index contributed by atoms with van der Waals surface area (Å²) in [6.07, 6.45) is 0.540. The first-order valence-corrected chi connectivity index (χ1v) is 11.6. The Morgan fingerprint density at radius 2 is 1.94 bits per heavy atom. The minimum Gasteiger partial charge on any atom is -0.454 e. The van der Waals surface area contributed by atoms with Crippen molar-refractivity contribution >= 4 is 16.0 Å². The van der Waals surface area contributed by atoms with Crippen LogP contribution in [0.2, 0.25) is 0 Å². The summed E-state index contributed by atoms with van der Waals surface area (Å²) in [5.41, 5.74) is 2.62. The number of aliphatic hydroxyl groups is 1. The molecule has 1 aliphatic rings. The highest BCUT2D eigenvalue weighted by Gasteiger charge is 2.44. The maximum absolute atomic E-state index is 13.2. The molecular weight excluding hydrogens is 432 g/mol. The van der Waals surface area contributed by atoms with E-state index in [1.54, 1.807) is 12.1 Å². The lowest BCUT2D eigenvalue weighted by Gasteiger charge is -2.22. The molecular formula is C23H24N2O6S. The predicted molar refractivity (Wildman–Crippen MR) is 116 cm³/mol. The maximum Gasteiger partial charge on any atom is 0.325 e. The lowest BCUT2D eigenvalue weighted by molar-refractivity contribution is -0.149. The number of sulfonamides is 1. The lowest BCUT2D eigenvalue weighted by Crippen LogP contribution is -2.41. The number of carbonyl (C=O) groups is 1. The molecule has 168 valence electrons. The molecule has 4 rings (SSSR count). The molecule has 8 nitrogen and oxygen atoms in total. The first-order valence-electron chi connectivity index (χ1n) is 10.2. The molecule has 0 radical (unpaired) electrons. The Morgan fingerprint density at radius 1 is 1.19 bits per heavy atom. The van der Waals surface area contributed by atoms with E-state index in [1.807, 2.05) is 44.2 Å². The van der Waals surface area contributed by atoms with Crippen molar-refractivity contribution < 1.29 is 27.5 Å². The van der Waals surface area contributed by atoms with Gasteiger partial charge in [0.15, 0.2) is 12.4 Å². The van der Waals surface area contributed by atoms with Crippen LogP contribution < -0.4 is 0 Å². The van der Waals surface area contributed by atoms with Crippen molar-refractivity contribution in [3.05, 3.63) is 71.7 Å². The molecule has 2 heterocycles. The first kappa shape index (κ1) is 22.2. The van der Waals surface area contributed by atoms with Crippen molar-refractivity contribution in [1.82, 2.24) is 9.29 Å². The molecule has 32 heavy (non-hydrogen) atoms. The van der Waals surface area contributed by atoms with Gasteiger partial charge in [0, 0.05) is 18.5 Å². The van der Waals surface area contributed by atoms with Crippen LogP contribution in [0, 0.1) is 13.8 Å². The molecule has 2 aromatic carbocycles. The molecule has 1 saturated heterocycles. The van der Waals surface area contributed by atoms with Crippen molar-refractivity contribution in [2.24, 2.45) is 0 Å². The Hall–Kier alpha value is -3.01. The molecule has 2 atom stereocenters. The zero-order chi connectivity index (χ0) is 22.9. The summed E-state index contributed by atoms with van der Waals surface area (Å²) in [5, 5.41) is 10.1. The standard InChI is InChI=1S/C23H24N2O6S/c1-15-8-9-19(10-16(15)2)32(28,29)25-13-18(26)11-20(25)23(27)30-14-22-24-12-21(31-22)17-6-4-3-5-7-17/h3-10,12,18,20,26H,11,13-14H2,1-2H3. The Morgan fingerprint density at radius 3 is 2.66 bits per heavy atom. The molecule has 2 unspecified atom stereocenters. The molecule has 1 aromatic heterocycles. The zero-order valence-corrected chi connectivity index (χ0v) is 18.6. The Bertz CT molecular complexity index is 1220. The molecule has 3 aromatic rings. The van der Waals surface area contributed by atoms with Gasteiger partial charge in [-0.2, -0.15) is 4.31 Å². The van der Waals surface area contributed by atoms with Crippen LogP contribution in [0.3, 0.4) is 0 Å². The number of aliphatic hydroxyl groups excluding tert-OH is 1. The molecule has 0 bridgehead atoms. The molecule has 1 fully saturated rings. The molecule has 0 spiro atoms. The summed E-state index contributed by atoms with van der Waals surface area (Å²) >= 11 is 0. The number of carbonyl (C=O) groups excluding carboxylic acids is 1. The molecule has 1 aliphatic heterocycles. The van der Waals surface area contributed by atoms with E-state index in [0.717, 1.165) is 21.0 Å². The number of nitrogens with zero attached hydrogens (tertiary/aromatic N) is 2. The van der Waals surface area contributed by atoms with Gasteiger partial charge in [-0.1, -0.05) is 36.4 Å². The van der Waals surface area contributed by atoms with Gasteiger partial charge in [0.1, 0.15) is 6.04 Å². The number of aromatic nitrogens is 1. The second kappa shape index (κ2) is 8.85. The van der Waals surface area contributed by atoms with E-state index in [1.165, 1.54) is 12.3 Å². The summed E-state index contributed by atoms with van der Waals surface area (Å²) in [6, 6.07) is 13.0. The lowest BCUT2D eigenvalue weighted by atomic mass is 10.1. The van der Waals surface area contributed by atoms with Crippen molar-refractivity contribution in [3.63, 3.8) is 0 Å². The van der Waals surface area contributed by atoms with Gasteiger partial charge in [0.05, 0.1) is 17.2 Å². The van der Waals surface area contributed by atoms with E-state index in [4.69, 9.17) is 9.15 Å². The van der Waals surface area contributed by atoms with Crippen LogP contribution in [-0.4, -0.2) is 47.5 Å². The quantitative estimate of drug-likeness (QED) is 0.568. The maximum atomic E-state index is 13.2. The van der Waals surface area contributed by atoms with E-state index >= 15 is 0 Å². The van der Waals surface area contributed by atoms with E-state index in [0.29, 0.717) is 5.76 Å². The fourth-order valence-corrected chi connectivity index (χ4v) is 5.33. The third-order valence-corrected chi connectivity index (χ3v) is 7.41. The molecule has 9 heteroatoms. The van der Waals surface area contributed by atoms with Gasteiger partial charge < -0.3 is 14.3 Å². The number of aryl methyl sites for hydroxylation is 2. The summed E-state index contributed by atoms with van der Waals surface area (Å²) in [5.74, 6) is -0.0281. The number of hydrogen-bond acceptors (Lipinski definition) is 7. The van der Waals surface area contributed by atoms with E-state index in [2.05, 4.69) is 4.98 Å². The predicted octanol–water partition coefficient (Wildman–Crippen LogP) is 2.83. The smallest absolute Gasteiger partial charge is 0.325 e. The Kier molecular flexibility index (Phi) is 6.14. The van der Waals surface area contributed by atoms with Crippen LogP contribution in [0.4, 0.5) is 0 Å². The summed E-state index contributed by atoms with van der Waals surface area (Å²) < 4.78 is 38.3. The highest BCUT2D eigenvalue weighted by molar-refractivity contribution is 7.89. The fourth-order valence-electron chi connectivity index (χ4n) is 3.62. The molecule has 1 N–H and O–H groups in total. The van der Waals surface area contributed by atoms with Gasteiger partial charge in [-0.15, -0.1) is 0 Å². The van der Waals surface area contributed by atoms with Crippen molar-refractivity contribution in [2.75, 3.05) is 6.54 Å². The van der Waals surface area contributed by atoms with Gasteiger partial charge in [-0.25, -0.2) is 13.4 Å². The summed E-state index contributed by atoms with van der Waals surface area (Å²) in [6.45, 7) is 3.29. The minimum absolute atomic E-state index is 0.0379. The normalized spacial score (nSPS) is 19.2. The highest BCUT2D eigenvalue weighted by Crippen LogP contribution is 2.28. The van der Waals surface area contributed by atoms with Gasteiger partial charge in [0.25, 0.3) is 0 Å². The van der Waals surface area contributed by atoms with Crippen LogP contribution in [0.1, 0.15) is 23.4 Å². The second-order valence-corrected chi connectivity index (χ2v) is 9.71. The number of esters is 1. The van der Waals surface area contributed by atoms with Crippen molar-refractivity contribution in [2.45, 2.75) is 43.9 Å². The number of benzene rings is 2. The molecule has 0 amide bonds. The molecule has 0 saturated carbocycles. The van der Waals surface area contributed by atoms with E-state index in [9.17, 15) is 18.3 Å². The summed E-state index contributed by atoms with van der Waals surface area (Å²) in [7, 11) is -3.99. The third-order valence-electron chi connectivity index (χ3n) is 5.54. The number of ether oxygens (including phenoxy) is 1. The van der Waals surface area contributed by atoms with Gasteiger partial charge in [0.2, 0.25) is 15.9 Å². The Labute approximate surface area is 186 Å². The van der Waals surface area contributed by atoms with Crippen LogP contribution in [0.25, 0.3) is 11.3 Å². The van der Waals surface area contributed by atoms with Gasteiger partial charge in [-0.3, -0.25) is 4.79 Å². The SMILES string of the molecule is Cc1ccc(S(=O)(=O)N2CC(O)CC2C(=O)OCc2ncc(-c3ccccc3)o2)cc1C. The average Bonchev–Trinajstić information content (AvgIpc) is 3.41. The van der Waals surface area contributed by atoms with Gasteiger partial charge >= 0.3 is 5.97 Å². The Balaban J connectivity index is 1.48. The molecule has 0 aliphatic carbocycles. The summed E-state index contributed by atoms with van der Waals surface area (Å²) in [4.78, 5) is 16.9. The first-order chi connectivity index (χ1) is 15.3. The third kappa shape index (κ3) is 4.45. The van der Waals surface area contributed by atoms with Crippen molar-refractivity contribution in [1.29, 1.82) is 0 Å². The zero-order valence-electron chi connectivity index (χ0n) is 17.8. The van der Waals surface area contributed by atoms with Crippen LogP contribution in [0.5, 0.6) is 0 Å². The van der Waals surface area contributed by atoms with Crippen LogP contribution >= 0.6 is 0 Å². The van der Waals surface area contributed by atoms with E-state index in [-0.39, 0.29) is 30.4 Å². The van der Waals surface area contributed by atoms with Crippen LogP contribution in [-0.2, 0) is 26.2 Å². The number of oxazole rings is 1. The van der Waals surface area contributed by atoms with Crippen molar-refractivity contribution in [3.8, 4) is 11.3 Å². The second-order valence-electron chi connectivity index (χ2n) is 7.82. The number of β-amino-alcohol motifs (C(OH)–C–C–N with tert-alkyl or cyclic N) is 1. The topological polar surface area (TPSA) is 110 Å². The largest absolute Gasteiger partial charge is 0.454 e.